The molecule has 0 radical (unpaired) electrons. The summed E-state index contributed by atoms with van der Waals surface area (Å²) in [6.45, 7) is 1.68. The molecule has 0 aliphatic heterocycles. The molecular formula is C14H14FNO3S. The van der Waals surface area contributed by atoms with E-state index in [1.54, 1.807) is 26.1 Å². The first kappa shape index (κ1) is 14.5. The summed E-state index contributed by atoms with van der Waals surface area (Å²) < 4.78 is 13.9. The number of halogens is 1. The highest BCUT2D eigenvalue weighted by Crippen LogP contribution is 2.27. The van der Waals surface area contributed by atoms with Crippen LogP contribution in [0, 0.1) is 11.7 Å². The molecule has 0 fully saturated rings. The Labute approximate surface area is 119 Å². The van der Waals surface area contributed by atoms with Crippen LogP contribution in [0.2, 0.25) is 0 Å². The number of nitrogens with zero attached hydrogens (tertiary/aromatic N) is 1. The normalized spacial score (nSPS) is 12.3. The summed E-state index contributed by atoms with van der Waals surface area (Å²) in [5.41, 5.74) is 0. The van der Waals surface area contributed by atoms with Gasteiger partial charge in [-0.3, -0.25) is 9.59 Å². The van der Waals surface area contributed by atoms with E-state index in [2.05, 4.69) is 0 Å². The lowest BCUT2D eigenvalue weighted by Crippen LogP contribution is -2.33. The molecule has 4 nitrogen and oxygen atoms in total. The second-order valence-corrected chi connectivity index (χ2v) is 5.80. The van der Waals surface area contributed by atoms with Gasteiger partial charge in [0.15, 0.2) is 0 Å². The van der Waals surface area contributed by atoms with E-state index in [1.807, 2.05) is 0 Å². The third kappa shape index (κ3) is 2.96. The van der Waals surface area contributed by atoms with Crippen LogP contribution in [0.3, 0.4) is 0 Å². The van der Waals surface area contributed by atoms with Gasteiger partial charge in [0.1, 0.15) is 5.82 Å². The number of fused-ring (bicyclic) bond motifs is 1. The Bertz CT molecular complexity index is 667. The quantitative estimate of drug-likeness (QED) is 0.943. The van der Waals surface area contributed by atoms with Gasteiger partial charge >= 0.3 is 5.97 Å². The zero-order valence-electron chi connectivity index (χ0n) is 11.1. The first-order chi connectivity index (χ1) is 9.38. The Morgan fingerprint density at radius 2 is 2.10 bits per heavy atom. The zero-order chi connectivity index (χ0) is 14.9. The van der Waals surface area contributed by atoms with E-state index < -0.39 is 11.9 Å². The minimum atomic E-state index is -0.942. The molecule has 1 N–H and O–H groups in total. The SMILES string of the molecule is CC(CN(C)C(=O)c1cc2cc(F)ccc2s1)C(=O)O. The van der Waals surface area contributed by atoms with E-state index in [-0.39, 0.29) is 18.3 Å². The average molecular weight is 295 g/mol. The van der Waals surface area contributed by atoms with Gasteiger partial charge < -0.3 is 10.0 Å². The third-order valence-corrected chi connectivity index (χ3v) is 4.11. The summed E-state index contributed by atoms with van der Waals surface area (Å²) in [7, 11) is 1.56. The highest BCUT2D eigenvalue weighted by atomic mass is 32.1. The van der Waals surface area contributed by atoms with Gasteiger partial charge in [-0.2, -0.15) is 0 Å². The van der Waals surface area contributed by atoms with Crippen molar-refractivity contribution in [1.82, 2.24) is 4.90 Å². The van der Waals surface area contributed by atoms with Crippen molar-refractivity contribution in [2.45, 2.75) is 6.92 Å². The van der Waals surface area contributed by atoms with Crippen molar-refractivity contribution in [3.63, 3.8) is 0 Å². The summed E-state index contributed by atoms with van der Waals surface area (Å²) in [5, 5.41) is 9.53. The minimum absolute atomic E-state index is 0.136. The number of hydrogen-bond donors (Lipinski definition) is 1. The summed E-state index contributed by atoms with van der Waals surface area (Å²) in [6, 6.07) is 5.99. The lowest BCUT2D eigenvalue weighted by Gasteiger charge is -2.18. The van der Waals surface area contributed by atoms with Gasteiger partial charge in [0, 0.05) is 18.3 Å². The van der Waals surface area contributed by atoms with Crippen LogP contribution in [-0.2, 0) is 4.79 Å². The summed E-state index contributed by atoms with van der Waals surface area (Å²) in [4.78, 5) is 24.9. The van der Waals surface area contributed by atoms with E-state index in [9.17, 15) is 14.0 Å². The van der Waals surface area contributed by atoms with Crippen LogP contribution in [0.5, 0.6) is 0 Å². The molecule has 1 aromatic carbocycles. The molecule has 0 aliphatic rings. The van der Waals surface area contributed by atoms with Gasteiger partial charge in [0.25, 0.3) is 5.91 Å². The Hall–Kier alpha value is -1.95. The van der Waals surface area contributed by atoms with Crippen molar-refractivity contribution in [1.29, 1.82) is 0 Å². The standard InChI is InChI=1S/C14H14FNO3S/c1-8(14(18)19)7-16(2)13(17)12-6-9-5-10(15)3-4-11(9)20-12/h3-6,8H,7H2,1-2H3,(H,18,19). The number of amides is 1. The molecule has 0 spiro atoms. The fraction of sp³-hybridized carbons (Fsp3) is 0.286. The van der Waals surface area contributed by atoms with Crippen LogP contribution < -0.4 is 0 Å². The molecule has 2 aromatic rings. The van der Waals surface area contributed by atoms with Gasteiger partial charge in [-0.05, 0) is 29.7 Å². The topological polar surface area (TPSA) is 57.6 Å². The molecule has 0 bridgehead atoms. The average Bonchev–Trinajstić information content (AvgIpc) is 2.80. The second kappa shape index (κ2) is 5.58. The van der Waals surface area contributed by atoms with Gasteiger partial charge in [0.05, 0.1) is 10.8 Å². The number of carboxylic acid groups (broad SMARTS) is 1. The highest BCUT2D eigenvalue weighted by Gasteiger charge is 2.20. The number of carboxylic acids is 1. The Balaban J connectivity index is 2.20. The predicted molar refractivity (Wildman–Crippen MR) is 75.5 cm³/mol. The summed E-state index contributed by atoms with van der Waals surface area (Å²) >= 11 is 1.27. The molecule has 0 saturated heterocycles. The Kier molecular flexibility index (Phi) is 4.04. The number of carbonyl (C=O) groups is 2. The number of carbonyl (C=O) groups excluding carboxylic acids is 1. The maximum Gasteiger partial charge on any atom is 0.308 e. The second-order valence-electron chi connectivity index (χ2n) is 4.72. The van der Waals surface area contributed by atoms with E-state index in [1.165, 1.54) is 28.4 Å². The molecule has 20 heavy (non-hydrogen) atoms. The highest BCUT2D eigenvalue weighted by molar-refractivity contribution is 7.20. The van der Waals surface area contributed by atoms with Crippen molar-refractivity contribution in [3.05, 3.63) is 35.0 Å². The summed E-state index contributed by atoms with van der Waals surface area (Å²) in [6.07, 6.45) is 0. The molecule has 1 amide bonds. The Morgan fingerprint density at radius 1 is 1.40 bits per heavy atom. The fourth-order valence-corrected chi connectivity index (χ4v) is 2.92. The lowest BCUT2D eigenvalue weighted by molar-refractivity contribution is -0.141. The molecule has 1 unspecified atom stereocenters. The smallest absolute Gasteiger partial charge is 0.308 e. The van der Waals surface area contributed by atoms with Gasteiger partial charge in [0.2, 0.25) is 0 Å². The van der Waals surface area contributed by atoms with Crippen LogP contribution in [0.25, 0.3) is 10.1 Å². The number of benzene rings is 1. The van der Waals surface area contributed by atoms with Crippen molar-refractivity contribution >= 4 is 33.3 Å². The first-order valence-corrected chi connectivity index (χ1v) is 6.87. The van der Waals surface area contributed by atoms with Gasteiger partial charge in [-0.15, -0.1) is 11.3 Å². The van der Waals surface area contributed by atoms with Gasteiger partial charge in [-0.1, -0.05) is 6.92 Å². The van der Waals surface area contributed by atoms with Crippen LogP contribution in [0.4, 0.5) is 4.39 Å². The van der Waals surface area contributed by atoms with E-state index in [0.29, 0.717) is 10.3 Å². The molecule has 1 atom stereocenters. The van der Waals surface area contributed by atoms with Crippen molar-refractivity contribution in [3.8, 4) is 0 Å². The van der Waals surface area contributed by atoms with Gasteiger partial charge in [-0.25, -0.2) is 4.39 Å². The molecule has 0 aliphatic carbocycles. The number of rotatable bonds is 4. The van der Waals surface area contributed by atoms with Crippen molar-refractivity contribution < 1.29 is 19.1 Å². The summed E-state index contributed by atoms with van der Waals surface area (Å²) in [5.74, 6) is -2.17. The first-order valence-electron chi connectivity index (χ1n) is 6.06. The zero-order valence-corrected chi connectivity index (χ0v) is 11.9. The van der Waals surface area contributed by atoms with E-state index in [0.717, 1.165) is 4.70 Å². The lowest BCUT2D eigenvalue weighted by atomic mass is 10.1. The van der Waals surface area contributed by atoms with Crippen molar-refractivity contribution in [2.24, 2.45) is 5.92 Å². The minimum Gasteiger partial charge on any atom is -0.481 e. The Morgan fingerprint density at radius 3 is 2.75 bits per heavy atom. The number of aliphatic carboxylic acids is 1. The third-order valence-electron chi connectivity index (χ3n) is 3.01. The van der Waals surface area contributed by atoms with Crippen molar-refractivity contribution in [2.75, 3.05) is 13.6 Å². The van der Waals surface area contributed by atoms with Crippen LogP contribution in [0.1, 0.15) is 16.6 Å². The van der Waals surface area contributed by atoms with Crippen LogP contribution in [0.15, 0.2) is 24.3 Å². The molecule has 6 heteroatoms. The van der Waals surface area contributed by atoms with E-state index >= 15 is 0 Å². The largest absolute Gasteiger partial charge is 0.481 e. The number of hydrogen-bond acceptors (Lipinski definition) is 3. The predicted octanol–water partition coefficient (Wildman–Crippen LogP) is 2.83. The molecule has 106 valence electrons. The van der Waals surface area contributed by atoms with Crippen LogP contribution in [-0.4, -0.2) is 35.5 Å². The molecule has 1 aromatic heterocycles. The van der Waals surface area contributed by atoms with E-state index in [4.69, 9.17) is 5.11 Å². The maximum absolute atomic E-state index is 13.1. The molecule has 2 rings (SSSR count). The fourth-order valence-electron chi connectivity index (χ4n) is 1.88. The molecule has 1 heterocycles. The maximum atomic E-state index is 13.1. The monoisotopic (exact) mass is 295 g/mol. The van der Waals surface area contributed by atoms with Crippen LogP contribution >= 0.6 is 11.3 Å². The molecule has 0 saturated carbocycles. The molecular weight excluding hydrogens is 281 g/mol. The number of thiophene rings is 1.